The smallest absolute Gasteiger partial charge is 0.200 e. The minimum Gasteiger partial charge on any atom is -0.200 e. The summed E-state index contributed by atoms with van der Waals surface area (Å²) in [4.78, 5) is 0. The molecule has 2 rings (SSSR count). The third-order valence-corrected chi connectivity index (χ3v) is 1.39. The van der Waals surface area contributed by atoms with Gasteiger partial charge in [-0.05, 0) is 17.3 Å². The third-order valence-electron chi connectivity index (χ3n) is 1.39. The molecule has 0 saturated carbocycles. The molecule has 0 spiro atoms. The molecule has 0 aliphatic heterocycles. The van der Waals surface area contributed by atoms with Gasteiger partial charge in [-0.15, -0.1) is 5.10 Å². The van der Waals surface area contributed by atoms with Crippen molar-refractivity contribution in [3.63, 3.8) is 0 Å². The molecule has 0 aromatic carbocycles. The molecule has 0 fully saturated rings. The van der Waals surface area contributed by atoms with Crippen molar-refractivity contribution in [3.8, 4) is 5.82 Å². The zero-order valence-electron chi connectivity index (χ0n) is 6.20. The zero-order chi connectivity index (χ0) is 8.23. The quantitative estimate of drug-likeness (QED) is 0.530. The summed E-state index contributed by atoms with van der Waals surface area (Å²) < 4.78 is 1.81. The molecule has 5 heteroatoms. The maximum atomic E-state index is 3.79. The van der Waals surface area contributed by atoms with Crippen molar-refractivity contribution in [2.24, 2.45) is 0 Å². The Morgan fingerprint density at radius 2 is 1.83 bits per heavy atom. The van der Waals surface area contributed by atoms with E-state index < -0.39 is 0 Å². The fourth-order valence-electron chi connectivity index (χ4n) is 0.862. The molecule has 0 saturated heterocycles. The average Bonchev–Trinajstić information content (AvgIpc) is 2.21. The summed E-state index contributed by atoms with van der Waals surface area (Å²) in [7, 11) is 0. The number of pyridine rings is 1. The lowest BCUT2D eigenvalue weighted by Gasteiger charge is -1.89. The molecule has 2 heterocycles. The Hall–Kier alpha value is -1.91. The SMILES string of the molecule is c1cc[n+](-c2cnnnn2)cc1. The average molecular weight is 160 g/mol. The van der Waals surface area contributed by atoms with Crippen LogP contribution >= 0.6 is 0 Å². The summed E-state index contributed by atoms with van der Waals surface area (Å²) in [5.41, 5.74) is 0. The number of nitrogens with zero attached hydrogens (tertiary/aromatic N) is 5. The van der Waals surface area contributed by atoms with Gasteiger partial charge in [-0.25, -0.2) is 0 Å². The zero-order valence-corrected chi connectivity index (χ0v) is 6.20. The van der Waals surface area contributed by atoms with Gasteiger partial charge in [0.2, 0.25) is 0 Å². The van der Waals surface area contributed by atoms with Gasteiger partial charge in [0.1, 0.15) is 11.3 Å². The summed E-state index contributed by atoms with van der Waals surface area (Å²) in [5.74, 6) is 0.658. The second kappa shape index (κ2) is 3.00. The summed E-state index contributed by atoms with van der Waals surface area (Å²) in [5, 5.41) is 14.2. The monoisotopic (exact) mass is 160 g/mol. The normalized spacial score (nSPS) is 9.67. The Bertz CT molecular complexity index is 309. The van der Waals surface area contributed by atoms with Gasteiger partial charge in [-0.3, -0.25) is 0 Å². The molecule has 2 aromatic rings. The van der Waals surface area contributed by atoms with Crippen LogP contribution in [0.4, 0.5) is 0 Å². The number of aromatic nitrogens is 5. The molecule has 2 aromatic heterocycles. The molecule has 0 unspecified atom stereocenters. The summed E-state index contributed by atoms with van der Waals surface area (Å²) in [6.07, 6.45) is 5.28. The molecule has 5 nitrogen and oxygen atoms in total. The van der Waals surface area contributed by atoms with Crippen LogP contribution in [0, 0.1) is 0 Å². The highest BCUT2D eigenvalue weighted by Gasteiger charge is 2.05. The first-order valence-electron chi connectivity index (χ1n) is 3.44. The Balaban J connectivity index is 2.46. The molecule has 0 bridgehead atoms. The van der Waals surface area contributed by atoms with Crippen LogP contribution in [0.2, 0.25) is 0 Å². The van der Waals surface area contributed by atoms with Crippen molar-refractivity contribution in [1.82, 2.24) is 20.6 Å². The maximum absolute atomic E-state index is 3.79. The molecular formula is C7H6N5+. The van der Waals surface area contributed by atoms with E-state index >= 15 is 0 Å². The standard InChI is InChI=1S/C7H6N5/c1-2-4-12(5-3-1)7-6-8-10-11-9-7/h1-6H/q+1. The third kappa shape index (κ3) is 1.24. The molecule has 58 valence electrons. The van der Waals surface area contributed by atoms with Crippen LogP contribution in [0.1, 0.15) is 0 Å². The van der Waals surface area contributed by atoms with E-state index in [2.05, 4.69) is 20.6 Å². The van der Waals surface area contributed by atoms with Crippen molar-refractivity contribution < 1.29 is 4.57 Å². The predicted molar refractivity (Wildman–Crippen MR) is 39.2 cm³/mol. The van der Waals surface area contributed by atoms with Gasteiger partial charge in [0, 0.05) is 0 Å². The molecule has 0 aliphatic carbocycles. The van der Waals surface area contributed by atoms with Crippen LogP contribution in [0.15, 0.2) is 36.8 Å². The van der Waals surface area contributed by atoms with Gasteiger partial charge in [0.25, 0.3) is 0 Å². The van der Waals surface area contributed by atoms with E-state index in [0.29, 0.717) is 5.82 Å². The fraction of sp³-hybridized carbons (Fsp3) is 0. The van der Waals surface area contributed by atoms with E-state index in [-0.39, 0.29) is 0 Å². The van der Waals surface area contributed by atoms with Crippen molar-refractivity contribution in [1.29, 1.82) is 0 Å². The van der Waals surface area contributed by atoms with Gasteiger partial charge in [-0.1, -0.05) is 6.07 Å². The Morgan fingerprint density at radius 1 is 1.00 bits per heavy atom. The van der Waals surface area contributed by atoms with Crippen molar-refractivity contribution in [2.75, 3.05) is 0 Å². The summed E-state index contributed by atoms with van der Waals surface area (Å²) in [6, 6.07) is 5.74. The Kier molecular flexibility index (Phi) is 1.69. The summed E-state index contributed by atoms with van der Waals surface area (Å²) in [6.45, 7) is 0. The minimum atomic E-state index is 0.658. The highest BCUT2D eigenvalue weighted by molar-refractivity contribution is 4.98. The molecule has 0 radical (unpaired) electrons. The first-order valence-corrected chi connectivity index (χ1v) is 3.44. The molecular weight excluding hydrogens is 154 g/mol. The maximum Gasteiger partial charge on any atom is 0.377 e. The molecule has 0 amide bonds. The van der Waals surface area contributed by atoms with Crippen molar-refractivity contribution in [2.45, 2.75) is 0 Å². The second-order valence-corrected chi connectivity index (χ2v) is 2.16. The lowest BCUT2D eigenvalue weighted by atomic mass is 10.5. The number of hydrogen-bond acceptors (Lipinski definition) is 4. The Morgan fingerprint density at radius 3 is 2.50 bits per heavy atom. The lowest BCUT2D eigenvalue weighted by Crippen LogP contribution is -2.31. The fourth-order valence-corrected chi connectivity index (χ4v) is 0.862. The van der Waals surface area contributed by atoms with Gasteiger partial charge >= 0.3 is 5.82 Å². The highest BCUT2D eigenvalue weighted by Crippen LogP contribution is 1.85. The van der Waals surface area contributed by atoms with Crippen LogP contribution in [0.3, 0.4) is 0 Å². The molecule has 0 N–H and O–H groups in total. The van der Waals surface area contributed by atoms with Crippen LogP contribution in [0.25, 0.3) is 5.82 Å². The summed E-state index contributed by atoms with van der Waals surface area (Å²) >= 11 is 0. The lowest BCUT2D eigenvalue weighted by molar-refractivity contribution is -0.600. The molecule has 12 heavy (non-hydrogen) atoms. The molecule has 0 atom stereocenters. The van der Waals surface area contributed by atoms with Gasteiger partial charge < -0.3 is 0 Å². The minimum absolute atomic E-state index is 0.658. The van der Waals surface area contributed by atoms with E-state index in [0.717, 1.165) is 0 Å². The van der Waals surface area contributed by atoms with Crippen molar-refractivity contribution >= 4 is 0 Å². The van der Waals surface area contributed by atoms with Gasteiger partial charge in [0.15, 0.2) is 0 Å². The van der Waals surface area contributed by atoms with Crippen LogP contribution in [-0.4, -0.2) is 20.6 Å². The van der Waals surface area contributed by atoms with Crippen LogP contribution in [0.5, 0.6) is 0 Å². The largest absolute Gasteiger partial charge is 0.377 e. The number of rotatable bonds is 1. The van der Waals surface area contributed by atoms with E-state index in [4.69, 9.17) is 0 Å². The Labute approximate surface area is 68.7 Å². The van der Waals surface area contributed by atoms with Crippen LogP contribution in [-0.2, 0) is 0 Å². The van der Waals surface area contributed by atoms with E-state index in [9.17, 15) is 0 Å². The predicted octanol–water partition coefficient (Wildman–Crippen LogP) is -0.457. The van der Waals surface area contributed by atoms with E-state index in [1.165, 1.54) is 0 Å². The van der Waals surface area contributed by atoms with E-state index in [1.807, 2.05) is 35.2 Å². The molecule has 0 aliphatic rings. The highest BCUT2D eigenvalue weighted by atomic mass is 15.4. The van der Waals surface area contributed by atoms with Gasteiger partial charge in [-0.2, -0.15) is 4.57 Å². The van der Waals surface area contributed by atoms with E-state index in [1.54, 1.807) is 6.20 Å². The van der Waals surface area contributed by atoms with Crippen LogP contribution < -0.4 is 4.57 Å². The van der Waals surface area contributed by atoms with Crippen molar-refractivity contribution in [3.05, 3.63) is 36.8 Å². The second-order valence-electron chi connectivity index (χ2n) is 2.16. The first kappa shape index (κ1) is 6.78. The number of hydrogen-bond donors (Lipinski definition) is 0. The first-order chi connectivity index (χ1) is 5.97. The van der Waals surface area contributed by atoms with Gasteiger partial charge in [0.05, 0.1) is 17.6 Å². The topological polar surface area (TPSA) is 55.4 Å².